The smallest absolute Gasteiger partial charge is 0.152 e. The summed E-state index contributed by atoms with van der Waals surface area (Å²) in [6.07, 6.45) is 12.9. The molecule has 1 aliphatic heterocycles. The monoisotopic (exact) mass is 368 g/mol. The van der Waals surface area contributed by atoms with E-state index in [0.717, 1.165) is 57.1 Å². The molecule has 0 unspecified atom stereocenters. The molecule has 0 spiro atoms. The summed E-state index contributed by atoms with van der Waals surface area (Å²) >= 11 is 0. The van der Waals surface area contributed by atoms with Gasteiger partial charge in [-0.1, -0.05) is 6.92 Å². The zero-order valence-corrected chi connectivity index (χ0v) is 16.2. The minimum atomic E-state index is 0.477. The first-order valence-electron chi connectivity index (χ1n) is 9.81. The van der Waals surface area contributed by atoms with Gasteiger partial charge >= 0.3 is 0 Å². The predicted molar refractivity (Wildman–Crippen MR) is 102 cm³/mol. The maximum absolute atomic E-state index is 4.55. The molecule has 3 aromatic heterocycles. The molecule has 0 aliphatic carbocycles. The quantitative estimate of drug-likeness (QED) is 0.638. The van der Waals surface area contributed by atoms with Crippen LogP contribution in [-0.4, -0.2) is 51.9 Å². The van der Waals surface area contributed by atoms with E-state index in [0.29, 0.717) is 12.5 Å². The fourth-order valence-corrected chi connectivity index (χ4v) is 3.90. The number of rotatable bonds is 7. The van der Waals surface area contributed by atoms with Crippen LogP contribution in [0.5, 0.6) is 0 Å². The molecule has 4 rings (SSSR count). The Labute approximate surface area is 159 Å². The summed E-state index contributed by atoms with van der Waals surface area (Å²) in [4.78, 5) is 11.1. The van der Waals surface area contributed by atoms with Gasteiger partial charge in [0.15, 0.2) is 5.82 Å². The molecule has 0 atom stereocenters. The second-order valence-corrected chi connectivity index (χ2v) is 7.36. The first kappa shape index (κ1) is 17.9. The standard InChI is InChI=1S/C19H28N8/c1-3-8-27-12-7-21-17(27)13-25-9-4-16(5-10-25)19-23-22-18(24(19)2)14-26-11-6-20-15-26/h6-7,11-12,15-16H,3-5,8-10,13-14H2,1-2H3. The van der Waals surface area contributed by atoms with Crippen LogP contribution >= 0.6 is 0 Å². The molecule has 0 N–H and O–H groups in total. The van der Waals surface area contributed by atoms with Crippen LogP contribution in [0, 0.1) is 0 Å². The van der Waals surface area contributed by atoms with Crippen LogP contribution in [0.15, 0.2) is 31.1 Å². The van der Waals surface area contributed by atoms with Crippen LogP contribution in [-0.2, 0) is 26.7 Å². The van der Waals surface area contributed by atoms with E-state index in [1.165, 1.54) is 5.82 Å². The van der Waals surface area contributed by atoms with E-state index in [2.05, 4.69) is 54.4 Å². The molecule has 4 heterocycles. The molecule has 8 nitrogen and oxygen atoms in total. The SMILES string of the molecule is CCCn1ccnc1CN1CCC(c2nnc(Cn3ccnc3)n2C)CC1. The van der Waals surface area contributed by atoms with Crippen molar-refractivity contribution >= 4 is 0 Å². The van der Waals surface area contributed by atoms with E-state index < -0.39 is 0 Å². The molecule has 0 radical (unpaired) electrons. The van der Waals surface area contributed by atoms with Gasteiger partial charge in [0.05, 0.1) is 19.4 Å². The molecule has 8 heteroatoms. The Kier molecular flexibility index (Phi) is 5.33. The Bertz CT molecular complexity index is 839. The number of aromatic nitrogens is 7. The highest BCUT2D eigenvalue weighted by molar-refractivity contribution is 5.04. The average Bonchev–Trinajstić information content (AvgIpc) is 3.41. The molecule has 144 valence electrons. The lowest BCUT2D eigenvalue weighted by atomic mass is 9.96. The third-order valence-electron chi connectivity index (χ3n) is 5.47. The number of imidazole rings is 2. The van der Waals surface area contributed by atoms with E-state index in [1.807, 2.05) is 23.3 Å². The van der Waals surface area contributed by atoms with Crippen LogP contribution in [0.4, 0.5) is 0 Å². The molecular weight excluding hydrogens is 340 g/mol. The molecule has 0 bridgehead atoms. The fourth-order valence-electron chi connectivity index (χ4n) is 3.90. The summed E-state index contributed by atoms with van der Waals surface area (Å²) in [5.41, 5.74) is 0. The van der Waals surface area contributed by atoms with Crippen molar-refractivity contribution in [3.05, 3.63) is 48.6 Å². The van der Waals surface area contributed by atoms with Crippen LogP contribution < -0.4 is 0 Å². The Hall–Kier alpha value is -2.48. The third kappa shape index (κ3) is 3.95. The summed E-state index contributed by atoms with van der Waals surface area (Å²) in [5, 5.41) is 8.92. The van der Waals surface area contributed by atoms with Crippen molar-refractivity contribution in [2.75, 3.05) is 13.1 Å². The maximum Gasteiger partial charge on any atom is 0.152 e. The predicted octanol–water partition coefficient (Wildman–Crippen LogP) is 2.05. The third-order valence-corrected chi connectivity index (χ3v) is 5.47. The Morgan fingerprint density at radius 2 is 1.89 bits per heavy atom. The lowest BCUT2D eigenvalue weighted by molar-refractivity contribution is 0.194. The molecule has 3 aromatic rings. The van der Waals surface area contributed by atoms with Crippen molar-refractivity contribution in [2.45, 2.75) is 51.7 Å². The normalized spacial score (nSPS) is 16.2. The van der Waals surface area contributed by atoms with Gasteiger partial charge in [-0.25, -0.2) is 9.97 Å². The zero-order chi connectivity index (χ0) is 18.6. The topological polar surface area (TPSA) is 69.6 Å². The lowest BCUT2D eigenvalue weighted by Crippen LogP contribution is -2.34. The highest BCUT2D eigenvalue weighted by Crippen LogP contribution is 2.27. The molecule has 1 saturated heterocycles. The zero-order valence-electron chi connectivity index (χ0n) is 16.2. The molecule has 27 heavy (non-hydrogen) atoms. The highest BCUT2D eigenvalue weighted by atomic mass is 15.3. The number of likely N-dealkylation sites (tertiary alicyclic amines) is 1. The second kappa shape index (κ2) is 8.04. The van der Waals surface area contributed by atoms with Gasteiger partial charge in [-0.2, -0.15) is 0 Å². The van der Waals surface area contributed by atoms with E-state index in [4.69, 9.17) is 0 Å². The largest absolute Gasteiger partial charge is 0.334 e. The average molecular weight is 368 g/mol. The van der Waals surface area contributed by atoms with Gasteiger partial charge in [-0.05, 0) is 32.4 Å². The van der Waals surface area contributed by atoms with Crippen molar-refractivity contribution in [1.82, 2.24) is 38.8 Å². The van der Waals surface area contributed by atoms with E-state index in [1.54, 1.807) is 6.20 Å². The van der Waals surface area contributed by atoms with Gasteiger partial charge in [0.25, 0.3) is 0 Å². The summed E-state index contributed by atoms with van der Waals surface area (Å²) in [5.74, 6) is 3.74. The Balaban J connectivity index is 1.35. The summed E-state index contributed by atoms with van der Waals surface area (Å²) in [6, 6.07) is 0. The minimum absolute atomic E-state index is 0.477. The van der Waals surface area contributed by atoms with E-state index in [9.17, 15) is 0 Å². The van der Waals surface area contributed by atoms with Gasteiger partial charge in [0.1, 0.15) is 11.6 Å². The van der Waals surface area contributed by atoms with Gasteiger partial charge in [-0.3, -0.25) is 4.90 Å². The first-order valence-corrected chi connectivity index (χ1v) is 9.81. The molecule has 1 aliphatic rings. The first-order chi connectivity index (χ1) is 13.2. The highest BCUT2D eigenvalue weighted by Gasteiger charge is 2.25. The summed E-state index contributed by atoms with van der Waals surface area (Å²) < 4.78 is 6.46. The van der Waals surface area contributed by atoms with Crippen LogP contribution in [0.1, 0.15) is 49.6 Å². The maximum atomic E-state index is 4.55. The number of nitrogens with zero attached hydrogens (tertiary/aromatic N) is 8. The number of hydrogen-bond acceptors (Lipinski definition) is 5. The number of piperidine rings is 1. The van der Waals surface area contributed by atoms with Crippen molar-refractivity contribution in [3.63, 3.8) is 0 Å². The van der Waals surface area contributed by atoms with Gasteiger partial charge in [-0.15, -0.1) is 10.2 Å². The van der Waals surface area contributed by atoms with Crippen LogP contribution in [0.3, 0.4) is 0 Å². The van der Waals surface area contributed by atoms with Gasteiger partial charge in [0.2, 0.25) is 0 Å². The molecular formula is C19H28N8. The van der Waals surface area contributed by atoms with Gasteiger partial charge < -0.3 is 13.7 Å². The number of aryl methyl sites for hydroxylation is 1. The summed E-state index contributed by atoms with van der Waals surface area (Å²) in [6.45, 7) is 7.05. The molecule has 0 amide bonds. The molecule has 0 aromatic carbocycles. The molecule has 0 saturated carbocycles. The lowest BCUT2D eigenvalue weighted by Gasteiger charge is -2.31. The van der Waals surface area contributed by atoms with Crippen molar-refractivity contribution in [2.24, 2.45) is 7.05 Å². The number of hydrogen-bond donors (Lipinski definition) is 0. The Morgan fingerprint density at radius 3 is 2.63 bits per heavy atom. The minimum Gasteiger partial charge on any atom is -0.334 e. The van der Waals surface area contributed by atoms with Crippen molar-refractivity contribution in [1.29, 1.82) is 0 Å². The van der Waals surface area contributed by atoms with Crippen molar-refractivity contribution in [3.8, 4) is 0 Å². The van der Waals surface area contributed by atoms with E-state index in [-0.39, 0.29) is 0 Å². The van der Waals surface area contributed by atoms with Crippen LogP contribution in [0.25, 0.3) is 0 Å². The second-order valence-electron chi connectivity index (χ2n) is 7.36. The fraction of sp³-hybridized carbons (Fsp3) is 0.579. The Morgan fingerprint density at radius 1 is 1.04 bits per heavy atom. The van der Waals surface area contributed by atoms with Crippen molar-refractivity contribution < 1.29 is 0 Å². The summed E-state index contributed by atoms with van der Waals surface area (Å²) in [7, 11) is 2.08. The molecule has 1 fully saturated rings. The van der Waals surface area contributed by atoms with E-state index >= 15 is 0 Å². The van der Waals surface area contributed by atoms with Crippen LogP contribution in [0.2, 0.25) is 0 Å². The van der Waals surface area contributed by atoms with Gasteiger partial charge in [0, 0.05) is 44.3 Å².